The van der Waals surface area contributed by atoms with Gasteiger partial charge in [0, 0.05) is 12.5 Å². The summed E-state index contributed by atoms with van der Waals surface area (Å²) in [4.78, 5) is 12.2. The average Bonchev–Trinajstić information content (AvgIpc) is 2.89. The Hall–Kier alpha value is -2.01. The standard InChI is InChI=1S/C14H18N4O/c1-2-6-11(15)9-14(19)13-10-16-17-18(13)12-7-4-3-5-8-12/h3-5,7-8,10-11H,2,6,9,15H2,1H3. The highest BCUT2D eigenvalue weighted by Gasteiger charge is 2.17. The van der Waals surface area contributed by atoms with Gasteiger partial charge in [0.25, 0.3) is 0 Å². The number of nitrogens with zero attached hydrogens (tertiary/aromatic N) is 3. The van der Waals surface area contributed by atoms with Crippen LogP contribution in [0.25, 0.3) is 5.69 Å². The minimum absolute atomic E-state index is 0.0187. The van der Waals surface area contributed by atoms with Crippen molar-refractivity contribution in [2.75, 3.05) is 0 Å². The number of benzene rings is 1. The Morgan fingerprint density at radius 1 is 1.37 bits per heavy atom. The number of carbonyl (C=O) groups excluding carboxylic acids is 1. The second kappa shape index (κ2) is 6.24. The van der Waals surface area contributed by atoms with E-state index in [1.807, 2.05) is 30.3 Å². The quantitative estimate of drug-likeness (QED) is 0.804. The molecule has 0 aliphatic carbocycles. The molecular formula is C14H18N4O. The number of hydrogen-bond acceptors (Lipinski definition) is 4. The molecule has 0 saturated heterocycles. The number of carbonyl (C=O) groups is 1. The first-order valence-corrected chi connectivity index (χ1v) is 6.47. The molecular weight excluding hydrogens is 240 g/mol. The highest BCUT2D eigenvalue weighted by molar-refractivity contribution is 5.95. The van der Waals surface area contributed by atoms with Gasteiger partial charge in [0.1, 0.15) is 5.69 Å². The highest BCUT2D eigenvalue weighted by atomic mass is 16.1. The molecule has 1 heterocycles. The van der Waals surface area contributed by atoms with Gasteiger partial charge in [-0.15, -0.1) is 5.10 Å². The minimum Gasteiger partial charge on any atom is -0.327 e. The van der Waals surface area contributed by atoms with E-state index in [4.69, 9.17) is 5.73 Å². The number of Topliss-reactive ketones (excluding diaryl/α,β-unsaturated/α-hetero) is 1. The van der Waals surface area contributed by atoms with Crippen LogP contribution in [0.15, 0.2) is 36.5 Å². The molecule has 0 fully saturated rings. The molecule has 5 nitrogen and oxygen atoms in total. The molecule has 0 radical (unpaired) electrons. The van der Waals surface area contributed by atoms with E-state index in [1.54, 1.807) is 4.68 Å². The Morgan fingerprint density at radius 3 is 2.79 bits per heavy atom. The van der Waals surface area contributed by atoms with Crippen LogP contribution in [0.4, 0.5) is 0 Å². The third-order valence-corrected chi connectivity index (χ3v) is 2.94. The van der Waals surface area contributed by atoms with Crippen LogP contribution in [-0.4, -0.2) is 26.8 Å². The third kappa shape index (κ3) is 3.26. The van der Waals surface area contributed by atoms with E-state index >= 15 is 0 Å². The van der Waals surface area contributed by atoms with Crippen molar-refractivity contribution in [1.29, 1.82) is 0 Å². The van der Waals surface area contributed by atoms with Crippen LogP contribution in [-0.2, 0) is 0 Å². The second-order valence-electron chi connectivity index (χ2n) is 4.54. The summed E-state index contributed by atoms with van der Waals surface area (Å²) < 4.78 is 1.56. The van der Waals surface area contributed by atoms with Crippen LogP contribution in [0.1, 0.15) is 36.7 Å². The first-order valence-electron chi connectivity index (χ1n) is 6.47. The normalized spacial score (nSPS) is 12.3. The SMILES string of the molecule is CCCC(N)CC(=O)c1cnnn1-c1ccccc1. The van der Waals surface area contributed by atoms with Crippen LogP contribution in [0.5, 0.6) is 0 Å². The predicted molar refractivity (Wildman–Crippen MR) is 73.2 cm³/mol. The molecule has 5 heteroatoms. The van der Waals surface area contributed by atoms with Crippen molar-refractivity contribution < 1.29 is 4.79 Å². The van der Waals surface area contributed by atoms with Crippen LogP contribution < -0.4 is 5.73 Å². The van der Waals surface area contributed by atoms with Crippen molar-refractivity contribution in [2.45, 2.75) is 32.2 Å². The van der Waals surface area contributed by atoms with Crippen molar-refractivity contribution in [3.63, 3.8) is 0 Å². The first-order chi connectivity index (χ1) is 9.22. The van der Waals surface area contributed by atoms with Gasteiger partial charge in [-0.1, -0.05) is 36.8 Å². The number of nitrogens with two attached hydrogens (primary N) is 1. The van der Waals surface area contributed by atoms with Crippen molar-refractivity contribution in [2.24, 2.45) is 5.73 Å². The van der Waals surface area contributed by atoms with Gasteiger partial charge in [0.05, 0.1) is 11.9 Å². The third-order valence-electron chi connectivity index (χ3n) is 2.94. The number of para-hydroxylation sites is 1. The fourth-order valence-corrected chi connectivity index (χ4v) is 2.00. The molecule has 0 aliphatic rings. The molecule has 1 aromatic carbocycles. The summed E-state index contributed by atoms with van der Waals surface area (Å²) in [6, 6.07) is 9.38. The molecule has 2 N–H and O–H groups in total. The topological polar surface area (TPSA) is 73.8 Å². The lowest BCUT2D eigenvalue weighted by Crippen LogP contribution is -2.24. The first kappa shape index (κ1) is 13.4. The van der Waals surface area contributed by atoms with E-state index in [0.29, 0.717) is 12.1 Å². The van der Waals surface area contributed by atoms with Gasteiger partial charge < -0.3 is 5.73 Å². The van der Waals surface area contributed by atoms with Gasteiger partial charge in [-0.2, -0.15) is 0 Å². The van der Waals surface area contributed by atoms with E-state index in [9.17, 15) is 4.79 Å². The fourth-order valence-electron chi connectivity index (χ4n) is 2.00. The molecule has 1 atom stereocenters. The van der Waals surface area contributed by atoms with Gasteiger partial charge >= 0.3 is 0 Å². The smallest absolute Gasteiger partial charge is 0.184 e. The summed E-state index contributed by atoms with van der Waals surface area (Å²) in [6.45, 7) is 2.06. The number of ketones is 1. The fraction of sp³-hybridized carbons (Fsp3) is 0.357. The maximum atomic E-state index is 12.2. The largest absolute Gasteiger partial charge is 0.327 e. The Labute approximate surface area is 112 Å². The monoisotopic (exact) mass is 258 g/mol. The summed E-state index contributed by atoms with van der Waals surface area (Å²) in [6.07, 6.45) is 3.64. The average molecular weight is 258 g/mol. The maximum absolute atomic E-state index is 12.2. The molecule has 0 spiro atoms. The number of aromatic nitrogens is 3. The summed E-state index contributed by atoms with van der Waals surface area (Å²) >= 11 is 0. The molecule has 1 aromatic heterocycles. The Kier molecular flexibility index (Phi) is 4.41. The van der Waals surface area contributed by atoms with Crippen LogP contribution in [0.2, 0.25) is 0 Å². The van der Waals surface area contributed by atoms with E-state index in [1.165, 1.54) is 6.20 Å². The Morgan fingerprint density at radius 2 is 2.11 bits per heavy atom. The summed E-state index contributed by atoms with van der Waals surface area (Å²) in [5, 5.41) is 7.79. The van der Waals surface area contributed by atoms with E-state index in [2.05, 4.69) is 17.2 Å². The van der Waals surface area contributed by atoms with Gasteiger partial charge in [-0.3, -0.25) is 4.79 Å². The second-order valence-corrected chi connectivity index (χ2v) is 4.54. The van der Waals surface area contributed by atoms with E-state index in [-0.39, 0.29) is 11.8 Å². The lowest BCUT2D eigenvalue weighted by atomic mass is 10.1. The number of rotatable bonds is 6. The highest BCUT2D eigenvalue weighted by Crippen LogP contribution is 2.12. The maximum Gasteiger partial charge on any atom is 0.184 e. The molecule has 100 valence electrons. The van der Waals surface area contributed by atoms with Crippen LogP contribution in [0, 0.1) is 0 Å². The van der Waals surface area contributed by atoms with E-state index < -0.39 is 0 Å². The zero-order valence-electron chi connectivity index (χ0n) is 11.0. The summed E-state index contributed by atoms with van der Waals surface area (Å²) in [5.41, 5.74) is 7.22. The molecule has 0 amide bonds. The Balaban J connectivity index is 2.18. The van der Waals surface area contributed by atoms with Gasteiger partial charge in [-0.05, 0) is 18.6 Å². The van der Waals surface area contributed by atoms with Crippen molar-refractivity contribution in [1.82, 2.24) is 15.0 Å². The summed E-state index contributed by atoms with van der Waals surface area (Å²) in [5.74, 6) is -0.0187. The van der Waals surface area contributed by atoms with Gasteiger partial charge in [-0.25, -0.2) is 4.68 Å². The number of hydrogen-bond donors (Lipinski definition) is 1. The van der Waals surface area contributed by atoms with Crippen molar-refractivity contribution in [3.8, 4) is 5.69 Å². The molecule has 0 bridgehead atoms. The molecule has 2 aromatic rings. The molecule has 0 saturated carbocycles. The Bertz CT molecular complexity index is 535. The lowest BCUT2D eigenvalue weighted by Gasteiger charge is -2.09. The minimum atomic E-state index is -0.100. The summed E-state index contributed by atoms with van der Waals surface area (Å²) in [7, 11) is 0. The molecule has 2 rings (SSSR count). The van der Waals surface area contributed by atoms with E-state index in [0.717, 1.165) is 18.5 Å². The van der Waals surface area contributed by atoms with Crippen molar-refractivity contribution in [3.05, 3.63) is 42.2 Å². The van der Waals surface area contributed by atoms with Crippen molar-refractivity contribution >= 4 is 5.78 Å². The van der Waals surface area contributed by atoms with Gasteiger partial charge in [0.15, 0.2) is 5.78 Å². The van der Waals surface area contributed by atoms with Crippen LogP contribution in [0.3, 0.4) is 0 Å². The predicted octanol–water partition coefficient (Wildman–Crippen LogP) is 1.97. The molecule has 1 unspecified atom stereocenters. The lowest BCUT2D eigenvalue weighted by molar-refractivity contribution is 0.0965. The zero-order chi connectivity index (χ0) is 13.7. The molecule has 19 heavy (non-hydrogen) atoms. The van der Waals surface area contributed by atoms with Gasteiger partial charge in [0.2, 0.25) is 0 Å². The zero-order valence-corrected chi connectivity index (χ0v) is 11.0. The van der Waals surface area contributed by atoms with Crippen LogP contribution >= 0.6 is 0 Å². The molecule has 0 aliphatic heterocycles.